The Morgan fingerprint density at radius 2 is 1.95 bits per heavy atom. The summed E-state index contributed by atoms with van der Waals surface area (Å²) < 4.78 is 5.88. The number of benzene rings is 2. The molecule has 0 spiro atoms. The third-order valence-electron chi connectivity index (χ3n) is 2.66. The van der Waals surface area contributed by atoms with Crippen LogP contribution < -0.4 is 4.74 Å². The molecule has 2 aromatic rings. The standard InChI is InChI=1S/C15H11BrO3/c1-10-4-2-3-5-12(10)15(18)19-14-7-6-11(9-17)8-13(14)16/h2-9H,1H3. The van der Waals surface area contributed by atoms with E-state index in [0.29, 0.717) is 21.3 Å². The van der Waals surface area contributed by atoms with Crippen molar-refractivity contribution in [2.75, 3.05) is 0 Å². The summed E-state index contributed by atoms with van der Waals surface area (Å²) in [5.41, 5.74) is 1.89. The van der Waals surface area contributed by atoms with Crippen LogP contribution in [-0.2, 0) is 0 Å². The summed E-state index contributed by atoms with van der Waals surface area (Å²) in [7, 11) is 0. The van der Waals surface area contributed by atoms with Crippen LogP contribution in [0, 0.1) is 6.92 Å². The first-order valence-electron chi connectivity index (χ1n) is 5.64. The van der Waals surface area contributed by atoms with Crippen LogP contribution in [0.3, 0.4) is 0 Å². The van der Waals surface area contributed by atoms with Crippen molar-refractivity contribution in [1.82, 2.24) is 0 Å². The minimum Gasteiger partial charge on any atom is -0.422 e. The molecule has 0 fully saturated rings. The van der Waals surface area contributed by atoms with E-state index in [1.807, 2.05) is 19.1 Å². The molecule has 0 unspecified atom stereocenters. The van der Waals surface area contributed by atoms with E-state index in [1.165, 1.54) is 0 Å². The Kier molecular flexibility index (Phi) is 4.12. The highest BCUT2D eigenvalue weighted by Gasteiger charge is 2.12. The fourth-order valence-corrected chi connectivity index (χ4v) is 2.11. The summed E-state index contributed by atoms with van der Waals surface area (Å²) in [6.07, 6.45) is 0.734. The molecule has 0 atom stereocenters. The van der Waals surface area contributed by atoms with Gasteiger partial charge < -0.3 is 4.74 Å². The molecule has 0 bridgehead atoms. The van der Waals surface area contributed by atoms with Crippen LogP contribution in [0.5, 0.6) is 5.75 Å². The number of ether oxygens (including phenoxy) is 1. The first kappa shape index (κ1) is 13.5. The minimum absolute atomic E-state index is 0.388. The molecule has 2 rings (SSSR count). The van der Waals surface area contributed by atoms with Crippen LogP contribution in [0.15, 0.2) is 46.9 Å². The topological polar surface area (TPSA) is 43.4 Å². The second-order valence-electron chi connectivity index (χ2n) is 4.01. The van der Waals surface area contributed by atoms with Crippen molar-refractivity contribution >= 4 is 28.2 Å². The highest BCUT2D eigenvalue weighted by atomic mass is 79.9. The summed E-state index contributed by atoms with van der Waals surface area (Å²) in [6, 6.07) is 12.0. The number of carbonyl (C=O) groups is 2. The molecule has 2 aromatic carbocycles. The van der Waals surface area contributed by atoms with Gasteiger partial charge >= 0.3 is 5.97 Å². The van der Waals surface area contributed by atoms with Gasteiger partial charge in [0.1, 0.15) is 12.0 Å². The Morgan fingerprint density at radius 1 is 1.21 bits per heavy atom. The van der Waals surface area contributed by atoms with E-state index in [-0.39, 0.29) is 0 Å². The fourth-order valence-electron chi connectivity index (χ4n) is 1.63. The van der Waals surface area contributed by atoms with Gasteiger partial charge in [-0.25, -0.2) is 4.79 Å². The largest absolute Gasteiger partial charge is 0.422 e. The zero-order valence-corrected chi connectivity index (χ0v) is 11.8. The SMILES string of the molecule is Cc1ccccc1C(=O)Oc1ccc(C=O)cc1Br. The van der Waals surface area contributed by atoms with Gasteiger partial charge in [0.15, 0.2) is 0 Å². The van der Waals surface area contributed by atoms with Gasteiger partial charge in [-0.05, 0) is 52.7 Å². The van der Waals surface area contributed by atoms with E-state index in [1.54, 1.807) is 30.3 Å². The second-order valence-corrected chi connectivity index (χ2v) is 4.87. The van der Waals surface area contributed by atoms with Crippen LogP contribution >= 0.6 is 15.9 Å². The van der Waals surface area contributed by atoms with Gasteiger partial charge in [-0.2, -0.15) is 0 Å². The van der Waals surface area contributed by atoms with Crippen molar-refractivity contribution in [1.29, 1.82) is 0 Å². The molecule has 0 N–H and O–H groups in total. The van der Waals surface area contributed by atoms with Crippen LogP contribution in [0.2, 0.25) is 0 Å². The van der Waals surface area contributed by atoms with Gasteiger partial charge in [-0.15, -0.1) is 0 Å². The Labute approximate surface area is 119 Å². The van der Waals surface area contributed by atoms with Crippen molar-refractivity contribution in [2.24, 2.45) is 0 Å². The third kappa shape index (κ3) is 3.09. The highest BCUT2D eigenvalue weighted by Crippen LogP contribution is 2.26. The number of esters is 1. The molecular formula is C15H11BrO3. The van der Waals surface area contributed by atoms with Crippen molar-refractivity contribution in [3.8, 4) is 5.75 Å². The first-order chi connectivity index (χ1) is 9.11. The predicted octanol–water partition coefficient (Wildman–Crippen LogP) is 3.79. The molecule has 0 saturated carbocycles. The molecule has 0 aliphatic heterocycles. The van der Waals surface area contributed by atoms with Crippen LogP contribution in [0.1, 0.15) is 26.3 Å². The monoisotopic (exact) mass is 318 g/mol. The van der Waals surface area contributed by atoms with E-state index in [4.69, 9.17) is 4.74 Å². The predicted molar refractivity (Wildman–Crippen MR) is 75.7 cm³/mol. The molecule has 4 heteroatoms. The van der Waals surface area contributed by atoms with Crippen molar-refractivity contribution in [2.45, 2.75) is 6.92 Å². The minimum atomic E-state index is -0.419. The molecule has 3 nitrogen and oxygen atoms in total. The van der Waals surface area contributed by atoms with E-state index < -0.39 is 5.97 Å². The van der Waals surface area contributed by atoms with E-state index in [2.05, 4.69) is 15.9 Å². The summed E-state index contributed by atoms with van der Waals surface area (Å²) in [4.78, 5) is 22.7. The van der Waals surface area contributed by atoms with Gasteiger partial charge in [0.2, 0.25) is 0 Å². The second kappa shape index (κ2) is 5.80. The zero-order valence-electron chi connectivity index (χ0n) is 10.2. The molecule has 96 valence electrons. The number of hydrogen-bond acceptors (Lipinski definition) is 3. The lowest BCUT2D eigenvalue weighted by molar-refractivity contribution is 0.0733. The molecule has 0 amide bonds. The van der Waals surface area contributed by atoms with Crippen LogP contribution in [-0.4, -0.2) is 12.3 Å². The molecule has 0 saturated heterocycles. The maximum absolute atomic E-state index is 12.0. The zero-order chi connectivity index (χ0) is 13.8. The molecule has 0 heterocycles. The quantitative estimate of drug-likeness (QED) is 0.491. The number of carbonyl (C=O) groups excluding carboxylic acids is 2. The Bertz CT molecular complexity index is 635. The van der Waals surface area contributed by atoms with Gasteiger partial charge in [0.25, 0.3) is 0 Å². The van der Waals surface area contributed by atoms with E-state index in [0.717, 1.165) is 11.8 Å². The first-order valence-corrected chi connectivity index (χ1v) is 6.43. The summed E-state index contributed by atoms with van der Waals surface area (Å²) in [6.45, 7) is 1.85. The van der Waals surface area contributed by atoms with E-state index in [9.17, 15) is 9.59 Å². The van der Waals surface area contributed by atoms with Gasteiger partial charge in [0, 0.05) is 5.56 Å². The maximum Gasteiger partial charge on any atom is 0.343 e. The summed E-state index contributed by atoms with van der Waals surface area (Å²) in [5, 5.41) is 0. The summed E-state index contributed by atoms with van der Waals surface area (Å²) >= 11 is 3.27. The Morgan fingerprint density at radius 3 is 2.58 bits per heavy atom. The molecule has 0 aliphatic carbocycles. The maximum atomic E-state index is 12.0. The lowest BCUT2D eigenvalue weighted by Crippen LogP contribution is -2.10. The highest BCUT2D eigenvalue weighted by molar-refractivity contribution is 9.10. The van der Waals surface area contributed by atoms with Crippen molar-refractivity contribution < 1.29 is 14.3 Å². The molecular weight excluding hydrogens is 308 g/mol. The number of aldehydes is 1. The van der Waals surface area contributed by atoms with Crippen LogP contribution in [0.4, 0.5) is 0 Å². The average Bonchev–Trinajstić information content (AvgIpc) is 2.41. The lowest BCUT2D eigenvalue weighted by Gasteiger charge is -2.08. The van der Waals surface area contributed by atoms with Gasteiger partial charge in [-0.3, -0.25) is 4.79 Å². The van der Waals surface area contributed by atoms with Gasteiger partial charge in [0.05, 0.1) is 10.0 Å². The average molecular weight is 319 g/mol. The number of hydrogen-bond donors (Lipinski definition) is 0. The lowest BCUT2D eigenvalue weighted by atomic mass is 10.1. The smallest absolute Gasteiger partial charge is 0.343 e. The number of rotatable bonds is 3. The Hall–Kier alpha value is -1.94. The van der Waals surface area contributed by atoms with E-state index >= 15 is 0 Å². The van der Waals surface area contributed by atoms with Crippen LogP contribution in [0.25, 0.3) is 0 Å². The normalized spacial score (nSPS) is 10.0. The third-order valence-corrected chi connectivity index (χ3v) is 3.28. The molecule has 0 aliphatic rings. The number of halogens is 1. The van der Waals surface area contributed by atoms with Gasteiger partial charge in [-0.1, -0.05) is 18.2 Å². The summed E-state index contributed by atoms with van der Waals surface area (Å²) in [5.74, 6) is -0.0310. The molecule has 19 heavy (non-hydrogen) atoms. The van der Waals surface area contributed by atoms with Crippen molar-refractivity contribution in [3.05, 3.63) is 63.6 Å². The number of aryl methyl sites for hydroxylation is 1. The molecule has 0 aromatic heterocycles. The Balaban J connectivity index is 2.24. The fraction of sp³-hybridized carbons (Fsp3) is 0.0667. The molecule has 0 radical (unpaired) electrons. The van der Waals surface area contributed by atoms with Crippen molar-refractivity contribution in [3.63, 3.8) is 0 Å².